The van der Waals surface area contributed by atoms with Gasteiger partial charge in [0.15, 0.2) is 5.82 Å². The summed E-state index contributed by atoms with van der Waals surface area (Å²) < 4.78 is 7.79. The molecular weight excluding hydrogens is 316 g/mol. The van der Waals surface area contributed by atoms with Gasteiger partial charge in [0.25, 0.3) is 0 Å². The zero-order valence-electron chi connectivity index (χ0n) is 10.8. The van der Waals surface area contributed by atoms with Crippen molar-refractivity contribution in [2.45, 2.75) is 29.7 Å². The van der Waals surface area contributed by atoms with E-state index in [1.165, 1.54) is 4.88 Å². The molecule has 108 valence electrons. The summed E-state index contributed by atoms with van der Waals surface area (Å²) in [6.07, 6.45) is 1.92. The molecule has 0 saturated carbocycles. The maximum atomic E-state index is 6.11. The summed E-state index contributed by atoms with van der Waals surface area (Å²) in [6, 6.07) is 3.93. The van der Waals surface area contributed by atoms with Gasteiger partial charge in [-0.15, -0.1) is 21.5 Å². The molecule has 1 fully saturated rings. The Balaban J connectivity index is 1.66. The number of thioether (sulfide) groups is 1. The first kappa shape index (κ1) is 14.2. The number of hydrogen-bond donors (Lipinski definition) is 1. The molecule has 0 unspecified atom stereocenters. The van der Waals surface area contributed by atoms with E-state index in [4.69, 9.17) is 22.2 Å². The normalized spacial score (nSPS) is 16.6. The molecular formula is C12H15ClN4OS2. The predicted molar refractivity (Wildman–Crippen MR) is 81.9 cm³/mol. The minimum atomic E-state index is 0.354. The Bertz CT molecular complexity index is 580. The van der Waals surface area contributed by atoms with Crippen molar-refractivity contribution in [1.82, 2.24) is 14.9 Å². The zero-order valence-corrected chi connectivity index (χ0v) is 13.2. The lowest BCUT2D eigenvalue weighted by molar-refractivity contribution is 0.0830. The smallest absolute Gasteiger partial charge is 0.210 e. The monoisotopic (exact) mass is 330 g/mol. The number of nitrogens with two attached hydrogens (primary N) is 1. The van der Waals surface area contributed by atoms with Crippen LogP contribution in [0.2, 0.25) is 4.34 Å². The van der Waals surface area contributed by atoms with E-state index in [1.807, 2.05) is 12.1 Å². The Kier molecular flexibility index (Phi) is 4.50. The fourth-order valence-electron chi connectivity index (χ4n) is 2.19. The molecule has 8 heteroatoms. The molecule has 0 aliphatic carbocycles. The first-order chi connectivity index (χ1) is 9.74. The van der Waals surface area contributed by atoms with E-state index in [2.05, 4.69) is 10.2 Å². The molecule has 5 nitrogen and oxygen atoms in total. The Labute approximate surface area is 130 Å². The molecule has 1 aliphatic rings. The summed E-state index contributed by atoms with van der Waals surface area (Å²) in [5.74, 6) is 8.13. The van der Waals surface area contributed by atoms with Gasteiger partial charge in [0, 0.05) is 29.8 Å². The minimum absolute atomic E-state index is 0.354. The highest BCUT2D eigenvalue weighted by Crippen LogP contribution is 2.30. The van der Waals surface area contributed by atoms with E-state index < -0.39 is 0 Å². The van der Waals surface area contributed by atoms with Gasteiger partial charge in [-0.2, -0.15) is 0 Å². The van der Waals surface area contributed by atoms with E-state index >= 15 is 0 Å². The van der Waals surface area contributed by atoms with Crippen molar-refractivity contribution in [2.75, 3.05) is 19.1 Å². The van der Waals surface area contributed by atoms with Gasteiger partial charge in [-0.1, -0.05) is 23.4 Å². The average Bonchev–Trinajstić information content (AvgIpc) is 3.04. The van der Waals surface area contributed by atoms with Gasteiger partial charge < -0.3 is 10.6 Å². The fraction of sp³-hybridized carbons (Fsp3) is 0.500. The standard InChI is InChI=1S/C12H15ClN4OS2/c13-10-2-1-9(20-10)7-19-12-16-15-11(17(12)14)8-3-5-18-6-4-8/h1-2,8H,3-7,14H2. The van der Waals surface area contributed by atoms with Gasteiger partial charge in [-0.25, -0.2) is 4.68 Å². The molecule has 2 aromatic heterocycles. The van der Waals surface area contributed by atoms with Gasteiger partial charge in [0.05, 0.1) is 4.34 Å². The van der Waals surface area contributed by atoms with E-state index in [0.717, 1.165) is 47.1 Å². The highest BCUT2D eigenvalue weighted by molar-refractivity contribution is 7.98. The fourth-order valence-corrected chi connectivity index (χ4v) is 4.18. The minimum Gasteiger partial charge on any atom is -0.381 e. The van der Waals surface area contributed by atoms with E-state index in [9.17, 15) is 0 Å². The SMILES string of the molecule is Nn1c(SCc2ccc(Cl)s2)nnc1C1CCOCC1. The third-order valence-corrected chi connectivity index (χ3v) is 5.66. The van der Waals surface area contributed by atoms with Crippen LogP contribution in [-0.2, 0) is 10.5 Å². The van der Waals surface area contributed by atoms with Gasteiger partial charge >= 0.3 is 0 Å². The van der Waals surface area contributed by atoms with E-state index in [0.29, 0.717) is 5.92 Å². The Morgan fingerprint density at radius 2 is 2.20 bits per heavy atom. The number of rotatable bonds is 4. The molecule has 2 aromatic rings. The van der Waals surface area contributed by atoms with Crippen molar-refractivity contribution in [3.8, 4) is 0 Å². The number of thiophene rings is 1. The van der Waals surface area contributed by atoms with Crippen LogP contribution in [0.15, 0.2) is 17.3 Å². The van der Waals surface area contributed by atoms with Crippen LogP contribution >= 0.6 is 34.7 Å². The van der Waals surface area contributed by atoms with Crippen LogP contribution in [0.5, 0.6) is 0 Å². The van der Waals surface area contributed by atoms with Crippen LogP contribution in [0.4, 0.5) is 0 Å². The molecule has 0 bridgehead atoms. The molecule has 3 heterocycles. The molecule has 0 aromatic carbocycles. The lowest BCUT2D eigenvalue weighted by Gasteiger charge is -2.20. The highest BCUT2D eigenvalue weighted by atomic mass is 35.5. The van der Waals surface area contributed by atoms with Crippen molar-refractivity contribution in [3.05, 3.63) is 27.2 Å². The molecule has 2 N–H and O–H groups in total. The van der Waals surface area contributed by atoms with Crippen LogP contribution < -0.4 is 5.84 Å². The number of ether oxygens (including phenoxy) is 1. The summed E-state index contributed by atoms with van der Waals surface area (Å²) in [4.78, 5) is 1.20. The summed E-state index contributed by atoms with van der Waals surface area (Å²) in [7, 11) is 0. The summed E-state index contributed by atoms with van der Waals surface area (Å²) >= 11 is 9.08. The number of hydrogen-bond acceptors (Lipinski definition) is 6. The second-order valence-corrected chi connectivity index (χ2v) is 7.33. The first-order valence-electron chi connectivity index (χ1n) is 6.39. The van der Waals surface area contributed by atoms with Crippen molar-refractivity contribution in [3.63, 3.8) is 0 Å². The number of aromatic nitrogens is 3. The summed E-state index contributed by atoms with van der Waals surface area (Å²) in [5.41, 5.74) is 0. The van der Waals surface area contributed by atoms with Crippen molar-refractivity contribution in [1.29, 1.82) is 0 Å². The Hall–Kier alpha value is -0.760. The second-order valence-electron chi connectivity index (χ2n) is 4.59. The largest absolute Gasteiger partial charge is 0.381 e. The molecule has 0 spiro atoms. The molecule has 0 atom stereocenters. The Morgan fingerprint density at radius 3 is 2.90 bits per heavy atom. The van der Waals surface area contributed by atoms with Crippen LogP contribution in [0, 0.1) is 0 Å². The van der Waals surface area contributed by atoms with Crippen molar-refractivity contribution < 1.29 is 4.74 Å². The maximum absolute atomic E-state index is 6.11. The van der Waals surface area contributed by atoms with Crippen LogP contribution in [-0.4, -0.2) is 28.1 Å². The van der Waals surface area contributed by atoms with Crippen LogP contribution in [0.1, 0.15) is 29.5 Å². The van der Waals surface area contributed by atoms with E-state index in [1.54, 1.807) is 27.8 Å². The van der Waals surface area contributed by atoms with E-state index in [-0.39, 0.29) is 0 Å². The molecule has 3 rings (SSSR count). The van der Waals surface area contributed by atoms with Crippen molar-refractivity contribution >= 4 is 34.7 Å². The third kappa shape index (κ3) is 3.11. The van der Waals surface area contributed by atoms with Gasteiger partial charge in [0.1, 0.15) is 0 Å². The Morgan fingerprint density at radius 1 is 1.40 bits per heavy atom. The van der Waals surface area contributed by atoms with Gasteiger partial charge in [-0.3, -0.25) is 0 Å². The predicted octanol–water partition coefficient (Wildman–Crippen LogP) is 2.89. The third-order valence-electron chi connectivity index (χ3n) is 3.25. The molecule has 0 radical (unpaired) electrons. The number of nitrogen functional groups attached to an aromatic ring is 1. The lowest BCUT2D eigenvalue weighted by atomic mass is 10.00. The zero-order chi connectivity index (χ0) is 13.9. The number of halogens is 1. The second kappa shape index (κ2) is 6.34. The topological polar surface area (TPSA) is 66.0 Å². The summed E-state index contributed by atoms with van der Waals surface area (Å²) in [5, 5.41) is 9.19. The van der Waals surface area contributed by atoms with Crippen LogP contribution in [0.25, 0.3) is 0 Å². The van der Waals surface area contributed by atoms with Gasteiger partial charge in [-0.05, 0) is 25.0 Å². The molecule has 0 amide bonds. The lowest BCUT2D eigenvalue weighted by Crippen LogP contribution is -2.22. The summed E-state index contributed by atoms with van der Waals surface area (Å²) in [6.45, 7) is 1.54. The molecule has 1 saturated heterocycles. The van der Waals surface area contributed by atoms with Crippen LogP contribution in [0.3, 0.4) is 0 Å². The first-order valence-corrected chi connectivity index (χ1v) is 8.57. The average molecular weight is 331 g/mol. The molecule has 1 aliphatic heterocycles. The number of nitrogens with zero attached hydrogens (tertiary/aromatic N) is 3. The molecule has 20 heavy (non-hydrogen) atoms. The van der Waals surface area contributed by atoms with Gasteiger partial charge in [0.2, 0.25) is 5.16 Å². The van der Waals surface area contributed by atoms with Crippen molar-refractivity contribution in [2.24, 2.45) is 0 Å². The highest BCUT2D eigenvalue weighted by Gasteiger charge is 2.22. The quantitative estimate of drug-likeness (QED) is 0.689. The maximum Gasteiger partial charge on any atom is 0.210 e.